The fraction of sp³-hybridized carbons (Fsp3) is 0.412. The van der Waals surface area contributed by atoms with E-state index in [0.717, 1.165) is 12.0 Å². The Labute approximate surface area is 123 Å². The van der Waals surface area contributed by atoms with Crippen LogP contribution in [0.5, 0.6) is 0 Å². The van der Waals surface area contributed by atoms with Crippen LogP contribution in [0.25, 0.3) is 0 Å². The van der Waals surface area contributed by atoms with Crippen LogP contribution in [0.1, 0.15) is 24.4 Å². The van der Waals surface area contributed by atoms with E-state index in [9.17, 15) is 9.59 Å². The second-order valence-electron chi connectivity index (χ2n) is 6.07. The summed E-state index contributed by atoms with van der Waals surface area (Å²) in [6, 6.07) is 9.30. The van der Waals surface area contributed by atoms with Crippen LogP contribution in [0.4, 0.5) is 4.79 Å². The van der Waals surface area contributed by atoms with Crippen molar-refractivity contribution >= 4 is 11.9 Å². The molecule has 1 heterocycles. The molecule has 3 aliphatic rings. The molecule has 4 heteroatoms. The van der Waals surface area contributed by atoms with E-state index >= 15 is 0 Å². The van der Waals surface area contributed by atoms with Crippen molar-refractivity contribution in [3.05, 3.63) is 48.0 Å². The fourth-order valence-electron chi connectivity index (χ4n) is 3.84. The summed E-state index contributed by atoms with van der Waals surface area (Å²) in [5.74, 6) is 0.682. The highest BCUT2D eigenvalue weighted by Crippen LogP contribution is 2.41. The molecule has 1 aromatic rings. The Morgan fingerprint density at radius 2 is 1.90 bits per heavy atom. The Kier molecular flexibility index (Phi) is 2.84. The zero-order valence-corrected chi connectivity index (χ0v) is 11.6. The lowest BCUT2D eigenvalue weighted by molar-refractivity contribution is -0.127. The van der Waals surface area contributed by atoms with E-state index in [1.165, 1.54) is 0 Å². The van der Waals surface area contributed by atoms with E-state index in [4.69, 9.17) is 4.74 Å². The van der Waals surface area contributed by atoms with Gasteiger partial charge in [-0.1, -0.05) is 42.5 Å². The molecule has 1 aromatic carbocycles. The van der Waals surface area contributed by atoms with Crippen molar-refractivity contribution in [1.29, 1.82) is 0 Å². The van der Waals surface area contributed by atoms with Crippen molar-refractivity contribution < 1.29 is 14.3 Å². The zero-order valence-electron chi connectivity index (χ0n) is 11.6. The summed E-state index contributed by atoms with van der Waals surface area (Å²) in [4.78, 5) is 26.4. The quantitative estimate of drug-likeness (QED) is 0.784. The van der Waals surface area contributed by atoms with Crippen LogP contribution in [-0.4, -0.2) is 29.4 Å². The number of ketones is 1. The zero-order chi connectivity index (χ0) is 14.4. The summed E-state index contributed by atoms with van der Waals surface area (Å²) >= 11 is 0. The number of ether oxygens (including phenoxy) is 1. The van der Waals surface area contributed by atoms with Gasteiger partial charge in [-0.15, -0.1) is 0 Å². The van der Waals surface area contributed by atoms with Gasteiger partial charge < -0.3 is 4.74 Å². The predicted octanol–water partition coefficient (Wildman–Crippen LogP) is 2.71. The number of allylic oxidation sites excluding steroid dienone is 1. The maximum atomic E-state index is 12.5. The van der Waals surface area contributed by atoms with Gasteiger partial charge in [0, 0.05) is 12.3 Å². The molecule has 0 unspecified atom stereocenters. The lowest BCUT2D eigenvalue weighted by Gasteiger charge is -2.36. The standard InChI is InChI=1S/C17H17NO3/c19-15-9-11-6-7-13(8-11)16(15)18-14(10-21-17(18)20)12-4-2-1-3-5-12/h1-7,11,13-14,16H,8-10H2/t11-,13+,14-,16+/m1/s1. The number of hydrogen-bond donors (Lipinski definition) is 0. The summed E-state index contributed by atoms with van der Waals surface area (Å²) < 4.78 is 5.25. The number of cyclic esters (lactones) is 1. The Morgan fingerprint density at radius 1 is 1.10 bits per heavy atom. The molecule has 4 nitrogen and oxygen atoms in total. The van der Waals surface area contributed by atoms with E-state index < -0.39 is 0 Å². The third-order valence-electron chi connectivity index (χ3n) is 4.80. The first-order chi connectivity index (χ1) is 10.2. The lowest BCUT2D eigenvalue weighted by Crippen LogP contribution is -2.49. The Hall–Kier alpha value is -2.10. The third kappa shape index (κ3) is 1.97. The molecular formula is C17H17NO3. The average molecular weight is 283 g/mol. The number of carbonyl (C=O) groups is 2. The molecule has 2 bridgehead atoms. The van der Waals surface area contributed by atoms with Gasteiger partial charge in [0.2, 0.25) is 0 Å². The van der Waals surface area contributed by atoms with E-state index in [1.807, 2.05) is 30.3 Å². The number of carbonyl (C=O) groups excluding carboxylic acids is 2. The first kappa shape index (κ1) is 12.6. The Bertz CT molecular complexity index is 610. The summed E-state index contributed by atoms with van der Waals surface area (Å²) in [5.41, 5.74) is 1.03. The van der Waals surface area contributed by atoms with Gasteiger partial charge in [0.05, 0.1) is 6.04 Å². The van der Waals surface area contributed by atoms with Crippen molar-refractivity contribution in [3.63, 3.8) is 0 Å². The number of rotatable bonds is 2. The van der Waals surface area contributed by atoms with Crippen LogP contribution in [-0.2, 0) is 9.53 Å². The van der Waals surface area contributed by atoms with Crippen LogP contribution in [0, 0.1) is 11.8 Å². The molecule has 1 saturated carbocycles. The van der Waals surface area contributed by atoms with Gasteiger partial charge in [-0.3, -0.25) is 9.69 Å². The molecule has 21 heavy (non-hydrogen) atoms. The number of fused-ring (bicyclic) bond motifs is 2. The molecule has 108 valence electrons. The van der Waals surface area contributed by atoms with Crippen molar-refractivity contribution in [2.24, 2.45) is 11.8 Å². The highest BCUT2D eigenvalue weighted by Gasteiger charge is 2.48. The molecule has 1 saturated heterocycles. The van der Waals surface area contributed by atoms with Crippen LogP contribution in [0.2, 0.25) is 0 Å². The number of Topliss-reactive ketones (excluding diaryl/α,β-unsaturated/α-hetero) is 1. The van der Waals surface area contributed by atoms with E-state index in [0.29, 0.717) is 18.9 Å². The van der Waals surface area contributed by atoms with E-state index in [1.54, 1.807) is 4.90 Å². The van der Waals surface area contributed by atoms with Gasteiger partial charge in [0.15, 0.2) is 5.78 Å². The molecule has 1 aliphatic heterocycles. The van der Waals surface area contributed by atoms with Crippen LogP contribution < -0.4 is 0 Å². The first-order valence-electron chi connectivity index (χ1n) is 7.45. The Morgan fingerprint density at radius 3 is 2.71 bits per heavy atom. The maximum Gasteiger partial charge on any atom is 0.411 e. The summed E-state index contributed by atoms with van der Waals surface area (Å²) in [6.07, 6.45) is 5.39. The molecule has 2 aliphatic carbocycles. The van der Waals surface area contributed by atoms with Gasteiger partial charge in [-0.25, -0.2) is 4.79 Å². The monoisotopic (exact) mass is 283 g/mol. The lowest BCUT2D eigenvalue weighted by atomic mass is 9.81. The van der Waals surface area contributed by atoms with Crippen molar-refractivity contribution in [1.82, 2.24) is 4.90 Å². The molecule has 4 atom stereocenters. The van der Waals surface area contributed by atoms with Gasteiger partial charge in [-0.05, 0) is 17.9 Å². The summed E-state index contributed by atoms with van der Waals surface area (Å²) in [6.45, 7) is 0.326. The highest BCUT2D eigenvalue weighted by molar-refractivity contribution is 5.90. The topological polar surface area (TPSA) is 46.6 Å². The average Bonchev–Trinajstić information content (AvgIpc) is 3.06. The SMILES string of the molecule is O=C1C[C@@H]2C=C[C@@H](C2)[C@@H]1N1C(=O)OC[C@@H]1c1ccccc1. The Balaban J connectivity index is 1.69. The molecule has 0 N–H and O–H groups in total. The summed E-state index contributed by atoms with van der Waals surface area (Å²) in [7, 11) is 0. The minimum absolute atomic E-state index is 0.146. The molecule has 0 spiro atoms. The maximum absolute atomic E-state index is 12.5. The first-order valence-corrected chi connectivity index (χ1v) is 7.45. The van der Waals surface area contributed by atoms with E-state index in [-0.39, 0.29) is 29.9 Å². The second-order valence-corrected chi connectivity index (χ2v) is 6.07. The normalized spacial score (nSPS) is 34.4. The second kappa shape index (κ2) is 4.72. The van der Waals surface area contributed by atoms with Gasteiger partial charge in [-0.2, -0.15) is 0 Å². The van der Waals surface area contributed by atoms with Gasteiger partial charge in [0.1, 0.15) is 12.6 Å². The van der Waals surface area contributed by atoms with Gasteiger partial charge >= 0.3 is 6.09 Å². The van der Waals surface area contributed by atoms with Crippen LogP contribution in [0.15, 0.2) is 42.5 Å². The molecule has 2 fully saturated rings. The number of nitrogens with zero attached hydrogens (tertiary/aromatic N) is 1. The molecule has 4 rings (SSSR count). The smallest absolute Gasteiger partial charge is 0.411 e. The number of amides is 1. The van der Waals surface area contributed by atoms with Crippen molar-refractivity contribution in [2.75, 3.05) is 6.61 Å². The minimum atomic E-state index is -0.361. The highest BCUT2D eigenvalue weighted by atomic mass is 16.6. The van der Waals surface area contributed by atoms with E-state index in [2.05, 4.69) is 12.2 Å². The molecule has 1 amide bonds. The number of hydrogen-bond acceptors (Lipinski definition) is 3. The van der Waals surface area contributed by atoms with Gasteiger partial charge in [0.25, 0.3) is 0 Å². The van der Waals surface area contributed by atoms with Crippen LogP contribution in [0.3, 0.4) is 0 Å². The predicted molar refractivity (Wildman–Crippen MR) is 76.5 cm³/mol. The van der Waals surface area contributed by atoms with Crippen molar-refractivity contribution in [3.8, 4) is 0 Å². The fourth-order valence-corrected chi connectivity index (χ4v) is 3.84. The third-order valence-corrected chi connectivity index (χ3v) is 4.80. The largest absolute Gasteiger partial charge is 0.447 e. The number of benzene rings is 1. The van der Waals surface area contributed by atoms with Crippen molar-refractivity contribution in [2.45, 2.75) is 24.9 Å². The molecule has 0 aromatic heterocycles. The summed E-state index contributed by atoms with van der Waals surface area (Å²) in [5, 5.41) is 0. The molecule has 0 radical (unpaired) electrons. The molecular weight excluding hydrogens is 266 g/mol. The minimum Gasteiger partial charge on any atom is -0.447 e. The van der Waals surface area contributed by atoms with Crippen LogP contribution >= 0.6 is 0 Å².